The molecule has 0 aliphatic carbocycles. The number of carbonyl (C=O) groups excluding carboxylic acids is 2. The minimum Gasteiger partial charge on any atom is -0.469 e. The monoisotopic (exact) mass is 261 g/mol. The molecule has 0 spiro atoms. The van der Waals surface area contributed by atoms with E-state index in [1.165, 1.54) is 18.4 Å². The second kappa shape index (κ2) is 5.55. The Kier molecular flexibility index (Phi) is 3.84. The average molecular weight is 261 g/mol. The van der Waals surface area contributed by atoms with Crippen molar-refractivity contribution in [2.24, 2.45) is 0 Å². The van der Waals surface area contributed by atoms with Gasteiger partial charge in [0, 0.05) is 17.3 Å². The molecule has 0 fully saturated rings. The normalized spacial score (nSPS) is 10.1. The first-order chi connectivity index (χ1) is 8.70. The zero-order chi connectivity index (χ0) is 13.0. The molecule has 0 bridgehead atoms. The number of esters is 1. The molecule has 4 nitrogen and oxygen atoms in total. The standard InChI is InChI=1S/C13H11NO3S/c1-17-13(16)8-10(15)12-3-2-11(18-12)9-4-6-14-7-5-9/h2-7H,8H2,1H3. The fourth-order valence-corrected chi connectivity index (χ4v) is 2.40. The van der Waals surface area contributed by atoms with E-state index < -0.39 is 5.97 Å². The summed E-state index contributed by atoms with van der Waals surface area (Å²) >= 11 is 1.36. The summed E-state index contributed by atoms with van der Waals surface area (Å²) in [6.45, 7) is 0. The summed E-state index contributed by atoms with van der Waals surface area (Å²) in [7, 11) is 1.27. The van der Waals surface area contributed by atoms with Crippen molar-refractivity contribution in [3.8, 4) is 10.4 Å². The van der Waals surface area contributed by atoms with Crippen molar-refractivity contribution in [1.29, 1.82) is 0 Å². The summed E-state index contributed by atoms with van der Waals surface area (Å²) in [6.07, 6.45) is 3.18. The van der Waals surface area contributed by atoms with E-state index in [2.05, 4.69) is 9.72 Å². The van der Waals surface area contributed by atoms with E-state index >= 15 is 0 Å². The third-order valence-corrected chi connectivity index (χ3v) is 3.55. The average Bonchev–Trinajstić information content (AvgIpc) is 2.89. The van der Waals surface area contributed by atoms with Gasteiger partial charge in [-0.3, -0.25) is 14.6 Å². The third kappa shape index (κ3) is 2.81. The number of nitrogens with zero attached hydrogens (tertiary/aromatic N) is 1. The van der Waals surface area contributed by atoms with E-state index in [9.17, 15) is 9.59 Å². The van der Waals surface area contributed by atoms with E-state index in [4.69, 9.17) is 0 Å². The van der Waals surface area contributed by atoms with Crippen LogP contribution in [-0.4, -0.2) is 23.8 Å². The highest BCUT2D eigenvalue weighted by molar-refractivity contribution is 7.17. The Labute approximate surface area is 108 Å². The van der Waals surface area contributed by atoms with Crippen molar-refractivity contribution in [3.05, 3.63) is 41.5 Å². The molecule has 18 heavy (non-hydrogen) atoms. The molecule has 0 amide bonds. The van der Waals surface area contributed by atoms with Crippen LogP contribution in [0.25, 0.3) is 10.4 Å². The van der Waals surface area contributed by atoms with Crippen LogP contribution in [0.3, 0.4) is 0 Å². The lowest BCUT2D eigenvalue weighted by Crippen LogP contribution is -2.07. The van der Waals surface area contributed by atoms with Crippen LogP contribution >= 0.6 is 11.3 Å². The minimum absolute atomic E-state index is 0.215. The second-order valence-electron chi connectivity index (χ2n) is 3.58. The van der Waals surface area contributed by atoms with Gasteiger partial charge >= 0.3 is 5.97 Å². The molecule has 0 saturated carbocycles. The first-order valence-electron chi connectivity index (χ1n) is 5.31. The molecule has 0 saturated heterocycles. The number of carbonyl (C=O) groups is 2. The van der Waals surface area contributed by atoms with Crippen LogP contribution in [-0.2, 0) is 9.53 Å². The fraction of sp³-hybridized carbons (Fsp3) is 0.154. The van der Waals surface area contributed by atoms with Crippen LogP contribution in [0.1, 0.15) is 16.1 Å². The highest BCUT2D eigenvalue weighted by Crippen LogP contribution is 2.28. The number of hydrogen-bond donors (Lipinski definition) is 0. The zero-order valence-electron chi connectivity index (χ0n) is 9.75. The first kappa shape index (κ1) is 12.4. The van der Waals surface area contributed by atoms with Crippen molar-refractivity contribution < 1.29 is 14.3 Å². The SMILES string of the molecule is COC(=O)CC(=O)c1ccc(-c2ccncc2)s1. The molecule has 2 heterocycles. The molecule has 2 rings (SSSR count). The summed E-state index contributed by atoms with van der Waals surface area (Å²) in [5.74, 6) is -0.731. The molecule has 2 aromatic rings. The van der Waals surface area contributed by atoms with Crippen molar-refractivity contribution in [1.82, 2.24) is 4.98 Å². The van der Waals surface area contributed by atoms with Gasteiger partial charge in [0.05, 0.1) is 12.0 Å². The lowest BCUT2D eigenvalue weighted by atomic mass is 10.2. The van der Waals surface area contributed by atoms with Gasteiger partial charge in [0.2, 0.25) is 0 Å². The Bertz CT molecular complexity index is 563. The van der Waals surface area contributed by atoms with Crippen molar-refractivity contribution >= 4 is 23.1 Å². The molecule has 0 radical (unpaired) electrons. The quantitative estimate of drug-likeness (QED) is 0.482. The van der Waals surface area contributed by atoms with Crippen molar-refractivity contribution in [2.45, 2.75) is 6.42 Å². The molecule has 2 aromatic heterocycles. The van der Waals surface area contributed by atoms with Gasteiger partial charge in [0.1, 0.15) is 6.42 Å². The van der Waals surface area contributed by atoms with Gasteiger partial charge in [-0.05, 0) is 29.8 Å². The maximum atomic E-state index is 11.8. The number of ketones is 1. The molecular weight excluding hydrogens is 250 g/mol. The minimum atomic E-state index is -0.515. The molecule has 0 aliphatic rings. The zero-order valence-corrected chi connectivity index (χ0v) is 10.6. The molecule has 0 aromatic carbocycles. The maximum Gasteiger partial charge on any atom is 0.313 e. The van der Waals surface area contributed by atoms with Gasteiger partial charge in [-0.15, -0.1) is 11.3 Å². The first-order valence-corrected chi connectivity index (χ1v) is 6.12. The summed E-state index contributed by atoms with van der Waals surface area (Å²) in [4.78, 5) is 28.3. The second-order valence-corrected chi connectivity index (χ2v) is 4.66. The predicted octanol–water partition coefficient (Wildman–Crippen LogP) is 2.56. The topological polar surface area (TPSA) is 56.3 Å². The van der Waals surface area contributed by atoms with Gasteiger partial charge in [0.15, 0.2) is 5.78 Å². The number of rotatable bonds is 4. The number of thiophene rings is 1. The summed E-state index contributed by atoms with van der Waals surface area (Å²) in [5.41, 5.74) is 1.01. The van der Waals surface area contributed by atoms with E-state index in [1.807, 2.05) is 18.2 Å². The largest absolute Gasteiger partial charge is 0.469 e. The van der Waals surface area contributed by atoms with Crippen LogP contribution in [0.5, 0.6) is 0 Å². The summed E-state index contributed by atoms with van der Waals surface area (Å²) in [6, 6.07) is 7.34. The van der Waals surface area contributed by atoms with Crippen LogP contribution in [0.15, 0.2) is 36.7 Å². The Balaban J connectivity index is 2.16. The lowest BCUT2D eigenvalue weighted by molar-refractivity contribution is -0.139. The maximum absolute atomic E-state index is 11.8. The van der Waals surface area contributed by atoms with Crippen LogP contribution < -0.4 is 0 Å². The van der Waals surface area contributed by atoms with Crippen molar-refractivity contribution in [2.75, 3.05) is 7.11 Å². The number of Topliss-reactive ketones (excluding diaryl/α,β-unsaturated/α-hetero) is 1. The van der Waals surface area contributed by atoms with Gasteiger partial charge in [-0.2, -0.15) is 0 Å². The van der Waals surface area contributed by atoms with Gasteiger partial charge in [0.25, 0.3) is 0 Å². The smallest absolute Gasteiger partial charge is 0.313 e. The van der Waals surface area contributed by atoms with Gasteiger partial charge in [-0.1, -0.05) is 0 Å². The Hall–Kier alpha value is -2.01. The number of aromatic nitrogens is 1. The van der Waals surface area contributed by atoms with E-state index in [0.717, 1.165) is 10.4 Å². The Morgan fingerprint density at radius 1 is 1.22 bits per heavy atom. The number of hydrogen-bond acceptors (Lipinski definition) is 5. The van der Waals surface area contributed by atoms with Crippen LogP contribution in [0, 0.1) is 0 Å². The predicted molar refractivity (Wildman–Crippen MR) is 68.5 cm³/mol. The molecule has 92 valence electrons. The van der Waals surface area contributed by atoms with Crippen LogP contribution in [0.2, 0.25) is 0 Å². The number of ether oxygens (including phenoxy) is 1. The lowest BCUT2D eigenvalue weighted by Gasteiger charge is -1.96. The van der Waals surface area contributed by atoms with Gasteiger partial charge < -0.3 is 4.74 Å². The molecule has 0 unspecified atom stereocenters. The van der Waals surface area contributed by atoms with E-state index in [1.54, 1.807) is 18.5 Å². The van der Waals surface area contributed by atoms with E-state index in [0.29, 0.717) is 4.88 Å². The molecule has 0 aliphatic heterocycles. The Morgan fingerprint density at radius 2 is 1.94 bits per heavy atom. The third-order valence-electron chi connectivity index (χ3n) is 2.38. The molecule has 0 atom stereocenters. The molecule has 5 heteroatoms. The fourth-order valence-electron chi connectivity index (χ4n) is 1.45. The van der Waals surface area contributed by atoms with Crippen LogP contribution in [0.4, 0.5) is 0 Å². The highest BCUT2D eigenvalue weighted by Gasteiger charge is 2.14. The number of methoxy groups -OCH3 is 1. The molecular formula is C13H11NO3S. The van der Waals surface area contributed by atoms with Gasteiger partial charge in [-0.25, -0.2) is 0 Å². The summed E-state index contributed by atoms with van der Waals surface area (Å²) in [5, 5.41) is 0. The van der Waals surface area contributed by atoms with Crippen molar-refractivity contribution in [3.63, 3.8) is 0 Å². The molecule has 0 N–H and O–H groups in total. The van der Waals surface area contributed by atoms with E-state index in [-0.39, 0.29) is 12.2 Å². The number of pyridine rings is 1. The highest BCUT2D eigenvalue weighted by atomic mass is 32.1. The Morgan fingerprint density at radius 3 is 2.61 bits per heavy atom. The summed E-state index contributed by atoms with van der Waals surface area (Å²) < 4.78 is 4.47.